The van der Waals surface area contributed by atoms with Crippen molar-refractivity contribution in [3.05, 3.63) is 34.4 Å². The van der Waals surface area contributed by atoms with Crippen molar-refractivity contribution in [3.8, 4) is 0 Å². The normalized spacial score (nSPS) is 13.8. The second-order valence-corrected chi connectivity index (χ2v) is 5.69. The Morgan fingerprint density at radius 3 is 2.95 bits per heavy atom. The number of thioether (sulfide) groups is 1. The van der Waals surface area contributed by atoms with Gasteiger partial charge in [0.1, 0.15) is 5.69 Å². The molecule has 1 saturated carbocycles. The number of nitro benzene ring substituents is 1. The largest absolute Gasteiger partial charge is 0.320 e. The van der Waals surface area contributed by atoms with Crippen molar-refractivity contribution in [2.24, 2.45) is 0 Å². The lowest BCUT2D eigenvalue weighted by Gasteiger charge is -2.05. The standard InChI is InChI=1S/C12H12N6O3S/c19-11(13-9-3-1-2-4-10(9)18(20)21)7-22-12-14-15-16-17(12)8-5-6-8/h1-4,8H,5-7H2,(H,13,19). The summed E-state index contributed by atoms with van der Waals surface area (Å²) in [5.74, 6) is -0.260. The smallest absolute Gasteiger partial charge is 0.292 e. The van der Waals surface area contributed by atoms with Gasteiger partial charge in [0.05, 0.1) is 16.7 Å². The lowest BCUT2D eigenvalue weighted by atomic mass is 10.2. The summed E-state index contributed by atoms with van der Waals surface area (Å²) in [7, 11) is 0. The van der Waals surface area contributed by atoms with Crippen LogP contribution in [0.2, 0.25) is 0 Å². The highest BCUT2D eigenvalue weighted by atomic mass is 32.2. The molecule has 1 fully saturated rings. The quantitative estimate of drug-likeness (QED) is 0.488. The number of hydrogen-bond donors (Lipinski definition) is 1. The highest BCUT2D eigenvalue weighted by Crippen LogP contribution is 2.36. The van der Waals surface area contributed by atoms with Gasteiger partial charge in [0.25, 0.3) is 5.69 Å². The minimum atomic E-state index is -0.531. The van der Waals surface area contributed by atoms with Crippen molar-refractivity contribution >= 4 is 29.0 Å². The first-order valence-electron chi connectivity index (χ1n) is 6.59. The zero-order valence-corrected chi connectivity index (χ0v) is 12.2. The molecule has 0 spiro atoms. The van der Waals surface area contributed by atoms with Gasteiger partial charge in [-0.1, -0.05) is 23.9 Å². The fourth-order valence-electron chi connectivity index (χ4n) is 1.88. The Hall–Kier alpha value is -2.49. The monoisotopic (exact) mass is 320 g/mol. The molecule has 1 amide bonds. The summed E-state index contributed by atoms with van der Waals surface area (Å²) in [6.45, 7) is 0. The number of nitrogens with zero attached hydrogens (tertiary/aromatic N) is 5. The summed E-state index contributed by atoms with van der Waals surface area (Å²) in [6, 6.07) is 6.34. The molecule has 2 aromatic rings. The number of carbonyl (C=O) groups excluding carboxylic acids is 1. The molecule has 22 heavy (non-hydrogen) atoms. The molecule has 1 aromatic heterocycles. The Morgan fingerprint density at radius 1 is 1.45 bits per heavy atom. The number of rotatable bonds is 6. The summed E-state index contributed by atoms with van der Waals surface area (Å²) in [5, 5.41) is 25.4. The Kier molecular flexibility index (Phi) is 4.00. The molecule has 1 heterocycles. The molecule has 1 aromatic carbocycles. The third-order valence-corrected chi connectivity index (χ3v) is 4.00. The van der Waals surface area contributed by atoms with Crippen LogP contribution in [0.1, 0.15) is 18.9 Å². The number of carbonyl (C=O) groups is 1. The van der Waals surface area contributed by atoms with Gasteiger partial charge < -0.3 is 5.32 Å². The molecule has 0 saturated heterocycles. The van der Waals surface area contributed by atoms with Gasteiger partial charge in [-0.3, -0.25) is 14.9 Å². The Bertz CT molecular complexity index is 714. The third-order valence-electron chi connectivity index (χ3n) is 3.06. The summed E-state index contributed by atoms with van der Waals surface area (Å²) in [4.78, 5) is 22.3. The molecule has 0 radical (unpaired) electrons. The van der Waals surface area contributed by atoms with Gasteiger partial charge in [0.15, 0.2) is 0 Å². The number of nitrogens with one attached hydrogen (secondary N) is 1. The zero-order valence-electron chi connectivity index (χ0n) is 11.4. The van der Waals surface area contributed by atoms with Crippen molar-refractivity contribution in [3.63, 3.8) is 0 Å². The van der Waals surface area contributed by atoms with Gasteiger partial charge >= 0.3 is 0 Å². The summed E-state index contributed by atoms with van der Waals surface area (Å²) >= 11 is 1.21. The van der Waals surface area contributed by atoms with Gasteiger partial charge in [0.2, 0.25) is 11.1 Å². The first-order chi connectivity index (χ1) is 10.6. The van der Waals surface area contributed by atoms with Crippen LogP contribution >= 0.6 is 11.8 Å². The van der Waals surface area contributed by atoms with E-state index in [4.69, 9.17) is 0 Å². The number of anilines is 1. The molecule has 0 atom stereocenters. The summed E-state index contributed by atoms with van der Waals surface area (Å²) in [6.07, 6.45) is 2.09. The molecule has 0 bridgehead atoms. The molecule has 114 valence electrons. The second kappa shape index (κ2) is 6.10. The van der Waals surface area contributed by atoms with E-state index in [9.17, 15) is 14.9 Å². The average molecular weight is 320 g/mol. The molecule has 9 nitrogen and oxygen atoms in total. The molecule has 1 N–H and O–H groups in total. The van der Waals surface area contributed by atoms with Crippen LogP contribution < -0.4 is 5.32 Å². The van der Waals surface area contributed by atoms with E-state index in [0.717, 1.165) is 12.8 Å². The predicted octanol–water partition coefficient (Wildman–Crippen LogP) is 1.65. The number of para-hydroxylation sites is 2. The Labute approximate surface area is 129 Å². The topological polar surface area (TPSA) is 116 Å². The van der Waals surface area contributed by atoms with Crippen LogP contribution in [0.15, 0.2) is 29.4 Å². The Balaban J connectivity index is 1.61. The number of nitro groups is 1. The number of amides is 1. The van der Waals surface area contributed by atoms with E-state index in [2.05, 4.69) is 20.8 Å². The maximum atomic E-state index is 11.9. The number of aromatic nitrogens is 4. The first-order valence-corrected chi connectivity index (χ1v) is 7.57. The Morgan fingerprint density at radius 2 is 2.23 bits per heavy atom. The van der Waals surface area contributed by atoms with Crippen LogP contribution in [-0.2, 0) is 4.79 Å². The average Bonchev–Trinajstić information content (AvgIpc) is 3.24. The van der Waals surface area contributed by atoms with E-state index >= 15 is 0 Å². The van der Waals surface area contributed by atoms with Crippen LogP contribution in [0.3, 0.4) is 0 Å². The van der Waals surface area contributed by atoms with E-state index in [-0.39, 0.29) is 23.0 Å². The van der Waals surface area contributed by atoms with Gasteiger partial charge in [-0.25, -0.2) is 4.68 Å². The van der Waals surface area contributed by atoms with Crippen LogP contribution in [0, 0.1) is 10.1 Å². The fraction of sp³-hybridized carbons (Fsp3) is 0.333. The van der Waals surface area contributed by atoms with E-state index in [1.165, 1.54) is 23.9 Å². The van der Waals surface area contributed by atoms with E-state index in [0.29, 0.717) is 11.2 Å². The molecule has 0 unspecified atom stereocenters. The van der Waals surface area contributed by atoms with Gasteiger partial charge in [-0.05, 0) is 29.3 Å². The predicted molar refractivity (Wildman–Crippen MR) is 78.5 cm³/mol. The van der Waals surface area contributed by atoms with E-state index < -0.39 is 4.92 Å². The molecular weight excluding hydrogens is 308 g/mol. The summed E-state index contributed by atoms with van der Waals surface area (Å²) < 4.78 is 1.71. The maximum Gasteiger partial charge on any atom is 0.292 e. The highest BCUT2D eigenvalue weighted by Gasteiger charge is 2.28. The number of benzene rings is 1. The molecule has 1 aliphatic carbocycles. The van der Waals surface area contributed by atoms with Gasteiger partial charge in [0, 0.05) is 6.07 Å². The van der Waals surface area contributed by atoms with Crippen LogP contribution in [0.5, 0.6) is 0 Å². The highest BCUT2D eigenvalue weighted by molar-refractivity contribution is 7.99. The molecule has 3 rings (SSSR count). The van der Waals surface area contributed by atoms with Crippen molar-refractivity contribution in [1.82, 2.24) is 20.2 Å². The first kappa shape index (κ1) is 14.4. The van der Waals surface area contributed by atoms with Crippen molar-refractivity contribution < 1.29 is 9.72 Å². The van der Waals surface area contributed by atoms with Crippen molar-refractivity contribution in [1.29, 1.82) is 0 Å². The lowest BCUT2D eigenvalue weighted by Crippen LogP contribution is -2.15. The third kappa shape index (κ3) is 3.22. The molecule has 10 heteroatoms. The fourth-order valence-corrected chi connectivity index (χ4v) is 2.63. The maximum absolute atomic E-state index is 11.9. The van der Waals surface area contributed by atoms with E-state index in [1.807, 2.05) is 0 Å². The minimum Gasteiger partial charge on any atom is -0.320 e. The van der Waals surface area contributed by atoms with Crippen LogP contribution in [-0.4, -0.2) is 36.8 Å². The summed E-state index contributed by atoms with van der Waals surface area (Å²) in [5.41, 5.74) is 0.0450. The minimum absolute atomic E-state index is 0.0825. The molecular formula is C12H12N6O3S. The van der Waals surface area contributed by atoms with Crippen LogP contribution in [0.25, 0.3) is 0 Å². The molecule has 0 aliphatic heterocycles. The molecule has 1 aliphatic rings. The SMILES string of the molecule is O=C(CSc1nnnn1C1CC1)Nc1ccccc1[N+](=O)[O-]. The lowest BCUT2D eigenvalue weighted by molar-refractivity contribution is -0.383. The van der Waals surface area contributed by atoms with Crippen molar-refractivity contribution in [2.45, 2.75) is 24.0 Å². The van der Waals surface area contributed by atoms with Crippen LogP contribution in [0.4, 0.5) is 11.4 Å². The van der Waals surface area contributed by atoms with Gasteiger partial charge in [-0.15, -0.1) is 5.10 Å². The number of hydrogen-bond acceptors (Lipinski definition) is 7. The van der Waals surface area contributed by atoms with Crippen molar-refractivity contribution in [2.75, 3.05) is 11.1 Å². The van der Waals surface area contributed by atoms with E-state index in [1.54, 1.807) is 16.8 Å². The zero-order chi connectivity index (χ0) is 15.5. The van der Waals surface area contributed by atoms with Gasteiger partial charge in [-0.2, -0.15) is 0 Å². The second-order valence-electron chi connectivity index (χ2n) is 4.75. The number of tetrazole rings is 1.